The van der Waals surface area contributed by atoms with Gasteiger partial charge in [-0.25, -0.2) is 0 Å². The van der Waals surface area contributed by atoms with E-state index in [1.807, 2.05) is 0 Å². The summed E-state index contributed by atoms with van der Waals surface area (Å²) in [6.07, 6.45) is 4.34. The van der Waals surface area contributed by atoms with Gasteiger partial charge >= 0.3 is 0 Å². The Morgan fingerprint density at radius 2 is 2.06 bits per heavy atom. The summed E-state index contributed by atoms with van der Waals surface area (Å²) in [6.45, 7) is 6.46. The van der Waals surface area contributed by atoms with Gasteiger partial charge in [-0.05, 0) is 42.9 Å². The number of fused-ring (bicyclic) bond motifs is 1. The number of rotatable bonds is 1. The van der Waals surface area contributed by atoms with Gasteiger partial charge in [-0.15, -0.1) is 0 Å². The molecule has 0 saturated heterocycles. The van der Waals surface area contributed by atoms with Crippen molar-refractivity contribution >= 4 is 5.78 Å². The van der Waals surface area contributed by atoms with Crippen molar-refractivity contribution < 1.29 is 9.90 Å². The van der Waals surface area contributed by atoms with Gasteiger partial charge in [0.2, 0.25) is 0 Å². The lowest BCUT2D eigenvalue weighted by molar-refractivity contribution is -0.149. The number of carbonyl (C=O) groups is 1. The number of carbonyl (C=O) groups excluding carboxylic acids is 1. The molecule has 0 heterocycles. The van der Waals surface area contributed by atoms with Crippen molar-refractivity contribution in [3.63, 3.8) is 0 Å². The van der Waals surface area contributed by atoms with E-state index < -0.39 is 5.60 Å². The second-order valence-electron chi connectivity index (χ2n) is 6.21. The average molecular weight is 224 g/mol. The van der Waals surface area contributed by atoms with Crippen LogP contribution in [0.1, 0.15) is 52.9 Å². The molecule has 2 rings (SSSR count). The largest absolute Gasteiger partial charge is 0.389 e. The molecule has 16 heavy (non-hydrogen) atoms. The Morgan fingerprint density at radius 1 is 1.38 bits per heavy atom. The van der Waals surface area contributed by atoms with Gasteiger partial charge in [0, 0.05) is 12.8 Å². The molecule has 2 saturated carbocycles. The van der Waals surface area contributed by atoms with Crippen LogP contribution in [0.3, 0.4) is 0 Å². The summed E-state index contributed by atoms with van der Waals surface area (Å²) in [5.41, 5.74) is -0.590. The van der Waals surface area contributed by atoms with E-state index in [0.29, 0.717) is 24.0 Å². The molecule has 0 aromatic heterocycles. The predicted molar refractivity (Wildman–Crippen MR) is 64.0 cm³/mol. The maximum Gasteiger partial charge on any atom is 0.133 e. The number of ketones is 1. The molecule has 0 spiro atoms. The maximum absolute atomic E-state index is 11.6. The molecule has 0 unspecified atom stereocenters. The molecule has 4 atom stereocenters. The minimum atomic E-state index is -0.590. The van der Waals surface area contributed by atoms with E-state index >= 15 is 0 Å². The van der Waals surface area contributed by atoms with Gasteiger partial charge in [0.15, 0.2) is 0 Å². The molecule has 0 amide bonds. The highest BCUT2D eigenvalue weighted by Crippen LogP contribution is 2.50. The van der Waals surface area contributed by atoms with Crippen LogP contribution in [0.2, 0.25) is 0 Å². The van der Waals surface area contributed by atoms with Crippen molar-refractivity contribution in [2.24, 2.45) is 23.7 Å². The summed E-state index contributed by atoms with van der Waals surface area (Å²) >= 11 is 0. The molecule has 2 aliphatic rings. The zero-order chi connectivity index (χ0) is 11.9. The minimum absolute atomic E-state index is 0.220. The molecule has 0 bridgehead atoms. The Morgan fingerprint density at radius 3 is 2.69 bits per heavy atom. The molecular weight excluding hydrogens is 200 g/mol. The Labute approximate surface area is 98.4 Å². The summed E-state index contributed by atoms with van der Waals surface area (Å²) in [5.74, 6) is 2.08. The molecule has 2 heteroatoms. The lowest BCUT2D eigenvalue weighted by Crippen LogP contribution is -2.53. The molecule has 0 aromatic rings. The third-order valence-corrected chi connectivity index (χ3v) is 5.09. The van der Waals surface area contributed by atoms with E-state index in [2.05, 4.69) is 20.8 Å². The van der Waals surface area contributed by atoms with Crippen LogP contribution in [0.5, 0.6) is 0 Å². The quantitative estimate of drug-likeness (QED) is 0.743. The Balaban J connectivity index is 2.25. The first-order chi connectivity index (χ1) is 7.45. The Kier molecular flexibility index (Phi) is 3.13. The fraction of sp³-hybridized carbons (Fsp3) is 0.929. The summed E-state index contributed by atoms with van der Waals surface area (Å²) < 4.78 is 0. The van der Waals surface area contributed by atoms with Gasteiger partial charge in [-0.3, -0.25) is 4.79 Å². The summed E-state index contributed by atoms with van der Waals surface area (Å²) in [5, 5.41) is 10.8. The van der Waals surface area contributed by atoms with E-state index in [-0.39, 0.29) is 11.8 Å². The number of hydrogen-bond donors (Lipinski definition) is 1. The van der Waals surface area contributed by atoms with Crippen molar-refractivity contribution in [3.05, 3.63) is 0 Å². The first-order valence-electron chi connectivity index (χ1n) is 6.69. The smallest absolute Gasteiger partial charge is 0.133 e. The number of hydrogen-bond acceptors (Lipinski definition) is 2. The van der Waals surface area contributed by atoms with Crippen LogP contribution in [-0.4, -0.2) is 16.5 Å². The van der Waals surface area contributed by atoms with Gasteiger partial charge in [-0.1, -0.05) is 20.8 Å². The second-order valence-corrected chi connectivity index (χ2v) is 6.21. The molecule has 1 N–H and O–H groups in total. The maximum atomic E-state index is 11.6. The first kappa shape index (κ1) is 12.1. The number of aliphatic hydroxyl groups is 1. The molecule has 92 valence electrons. The fourth-order valence-corrected chi connectivity index (χ4v) is 3.83. The van der Waals surface area contributed by atoms with Crippen LogP contribution in [0, 0.1) is 23.7 Å². The summed E-state index contributed by atoms with van der Waals surface area (Å²) in [4.78, 5) is 11.6. The van der Waals surface area contributed by atoms with Gasteiger partial charge in [0.1, 0.15) is 5.78 Å². The lowest BCUT2D eigenvalue weighted by Gasteiger charge is -2.51. The highest BCUT2D eigenvalue weighted by Gasteiger charge is 2.50. The number of Topliss-reactive ketones (excluding diaryl/α,β-unsaturated/α-hetero) is 1. The van der Waals surface area contributed by atoms with Crippen LogP contribution in [-0.2, 0) is 4.79 Å². The van der Waals surface area contributed by atoms with Crippen LogP contribution >= 0.6 is 0 Å². The zero-order valence-corrected chi connectivity index (χ0v) is 10.7. The van der Waals surface area contributed by atoms with Crippen LogP contribution in [0.4, 0.5) is 0 Å². The van der Waals surface area contributed by atoms with E-state index in [1.54, 1.807) is 0 Å². The Bertz CT molecular complexity index is 284. The highest BCUT2D eigenvalue weighted by molar-refractivity contribution is 5.79. The fourth-order valence-electron chi connectivity index (χ4n) is 3.83. The van der Waals surface area contributed by atoms with Gasteiger partial charge in [0.25, 0.3) is 0 Å². The molecule has 2 nitrogen and oxygen atoms in total. The van der Waals surface area contributed by atoms with E-state index in [0.717, 1.165) is 25.7 Å². The van der Waals surface area contributed by atoms with Crippen molar-refractivity contribution in [2.75, 3.05) is 0 Å². The van der Waals surface area contributed by atoms with Crippen molar-refractivity contribution in [1.82, 2.24) is 0 Å². The standard InChI is InChI=1S/C14H24O2/c1-9(2)14(16)7-6-10(3)12-5-4-11(15)8-13(12)14/h9-10,12-13,16H,4-8H2,1-3H3/t10-,12+,13-,14-/m1/s1. The third kappa shape index (κ3) is 1.81. The predicted octanol–water partition coefficient (Wildman–Crippen LogP) is 2.79. The third-order valence-electron chi connectivity index (χ3n) is 5.09. The van der Waals surface area contributed by atoms with E-state index in [1.165, 1.54) is 0 Å². The minimum Gasteiger partial charge on any atom is -0.389 e. The van der Waals surface area contributed by atoms with E-state index in [9.17, 15) is 9.90 Å². The second kappa shape index (κ2) is 4.14. The van der Waals surface area contributed by atoms with E-state index in [4.69, 9.17) is 0 Å². The van der Waals surface area contributed by atoms with Crippen LogP contribution in [0.15, 0.2) is 0 Å². The molecule has 0 radical (unpaired) electrons. The zero-order valence-electron chi connectivity index (χ0n) is 10.7. The van der Waals surface area contributed by atoms with Crippen molar-refractivity contribution in [2.45, 2.75) is 58.5 Å². The van der Waals surface area contributed by atoms with Crippen molar-refractivity contribution in [3.8, 4) is 0 Å². The van der Waals surface area contributed by atoms with Gasteiger partial charge in [0.05, 0.1) is 5.60 Å². The molecule has 2 fully saturated rings. The Hall–Kier alpha value is -0.370. The van der Waals surface area contributed by atoms with Gasteiger partial charge in [-0.2, -0.15) is 0 Å². The lowest BCUT2D eigenvalue weighted by atomic mass is 9.56. The SMILES string of the molecule is CC(C)[C@]1(O)CC[C@@H](C)[C@@H]2CCC(=O)C[C@H]21. The van der Waals surface area contributed by atoms with Crippen LogP contribution in [0.25, 0.3) is 0 Å². The van der Waals surface area contributed by atoms with Crippen LogP contribution < -0.4 is 0 Å². The summed E-state index contributed by atoms with van der Waals surface area (Å²) in [7, 11) is 0. The molecular formula is C14H24O2. The normalized spacial score (nSPS) is 44.6. The summed E-state index contributed by atoms with van der Waals surface area (Å²) in [6, 6.07) is 0. The molecule has 0 aromatic carbocycles. The van der Waals surface area contributed by atoms with Gasteiger partial charge < -0.3 is 5.11 Å². The van der Waals surface area contributed by atoms with Crippen molar-refractivity contribution in [1.29, 1.82) is 0 Å². The monoisotopic (exact) mass is 224 g/mol. The first-order valence-corrected chi connectivity index (χ1v) is 6.69. The molecule has 2 aliphatic carbocycles. The highest BCUT2D eigenvalue weighted by atomic mass is 16.3. The average Bonchev–Trinajstić information content (AvgIpc) is 2.23. The topological polar surface area (TPSA) is 37.3 Å². The molecule has 0 aliphatic heterocycles.